The fourth-order valence-corrected chi connectivity index (χ4v) is 5.40. The molecule has 4 rings (SSSR count). The van der Waals surface area contributed by atoms with Crippen LogP contribution >= 0.6 is 0 Å². The van der Waals surface area contributed by atoms with Gasteiger partial charge in [-0.25, -0.2) is 0 Å². The molecule has 11 heteroatoms. The number of aliphatic hydroxyl groups is 2. The average molecular weight is 572 g/mol. The number of benzene rings is 1. The van der Waals surface area contributed by atoms with Crippen LogP contribution in [0, 0.1) is 5.92 Å². The summed E-state index contributed by atoms with van der Waals surface area (Å²) in [4.78, 5) is 52.6. The Morgan fingerprint density at radius 1 is 1.02 bits per heavy atom. The first-order valence-electron chi connectivity index (χ1n) is 14.4. The third-order valence-corrected chi connectivity index (χ3v) is 8.08. The molecule has 0 radical (unpaired) electrons. The number of ether oxygens (including phenoxy) is 2. The highest BCUT2D eigenvalue weighted by Gasteiger charge is 2.40. The van der Waals surface area contributed by atoms with Gasteiger partial charge in [0, 0.05) is 5.92 Å². The third kappa shape index (κ3) is 8.37. The Balaban J connectivity index is 1.48. The van der Waals surface area contributed by atoms with Crippen LogP contribution in [-0.2, 0) is 23.9 Å². The van der Waals surface area contributed by atoms with Crippen molar-refractivity contribution in [2.45, 2.75) is 94.7 Å². The van der Waals surface area contributed by atoms with E-state index in [0.717, 1.165) is 24.8 Å². The summed E-state index contributed by atoms with van der Waals surface area (Å²) in [5.74, 6) is -1.67. The van der Waals surface area contributed by atoms with Gasteiger partial charge in [-0.2, -0.15) is 0 Å². The number of amides is 3. The molecule has 1 saturated carbocycles. The van der Waals surface area contributed by atoms with E-state index in [0.29, 0.717) is 50.0 Å². The molecule has 1 saturated heterocycles. The fraction of sp³-hybridized carbons (Fsp3) is 0.600. The summed E-state index contributed by atoms with van der Waals surface area (Å²) in [6, 6.07) is 3.12. The quantitative estimate of drug-likeness (QED) is 0.174. The molecule has 41 heavy (non-hydrogen) atoms. The minimum absolute atomic E-state index is 0.242. The molecule has 3 amide bonds. The Labute approximate surface area is 240 Å². The molecular weight excluding hydrogens is 530 g/mol. The number of aliphatic hydroxyl groups excluding tert-OH is 2. The van der Waals surface area contributed by atoms with Gasteiger partial charge in [0.2, 0.25) is 17.7 Å². The molecule has 3 aliphatic rings. The van der Waals surface area contributed by atoms with Gasteiger partial charge in [-0.15, -0.1) is 0 Å². The van der Waals surface area contributed by atoms with Crippen molar-refractivity contribution in [3.8, 4) is 5.75 Å². The number of allylic oxidation sites excluding steroid dienone is 1. The molecule has 5 atom stereocenters. The second-order valence-corrected chi connectivity index (χ2v) is 11.2. The van der Waals surface area contributed by atoms with Crippen molar-refractivity contribution >= 4 is 23.5 Å². The van der Waals surface area contributed by atoms with Crippen molar-refractivity contribution in [1.29, 1.82) is 0 Å². The summed E-state index contributed by atoms with van der Waals surface area (Å²) in [6.07, 6.45) is 4.84. The lowest BCUT2D eigenvalue weighted by Gasteiger charge is -2.29. The van der Waals surface area contributed by atoms with E-state index in [2.05, 4.69) is 22.0 Å². The lowest BCUT2D eigenvalue weighted by atomic mass is 9.87. The van der Waals surface area contributed by atoms with E-state index in [1.165, 1.54) is 14.0 Å². The van der Waals surface area contributed by atoms with Crippen LogP contribution in [0.25, 0.3) is 0 Å². The van der Waals surface area contributed by atoms with Crippen molar-refractivity contribution in [2.24, 2.45) is 5.92 Å². The molecule has 2 fully saturated rings. The van der Waals surface area contributed by atoms with E-state index in [4.69, 9.17) is 9.47 Å². The number of nitrogens with one attached hydrogen (secondary N) is 3. The van der Waals surface area contributed by atoms with E-state index in [9.17, 15) is 29.4 Å². The van der Waals surface area contributed by atoms with Crippen LogP contribution < -0.4 is 20.7 Å². The van der Waals surface area contributed by atoms with Gasteiger partial charge in [0.1, 0.15) is 30.0 Å². The summed E-state index contributed by atoms with van der Waals surface area (Å²) >= 11 is 0. The van der Waals surface area contributed by atoms with Crippen LogP contribution in [0.15, 0.2) is 35.9 Å². The maximum atomic E-state index is 13.6. The molecule has 1 aromatic rings. The molecule has 224 valence electrons. The van der Waals surface area contributed by atoms with Crippen LogP contribution in [0.3, 0.4) is 0 Å². The zero-order chi connectivity index (χ0) is 29.5. The number of methoxy groups -OCH3 is 1. The molecule has 1 aromatic carbocycles. The first-order chi connectivity index (χ1) is 19.7. The third-order valence-electron chi connectivity index (χ3n) is 8.08. The molecule has 1 heterocycles. The van der Waals surface area contributed by atoms with Gasteiger partial charge >= 0.3 is 0 Å². The maximum absolute atomic E-state index is 13.6. The number of Topliss-reactive ketones (excluding diaryl/α,β-unsaturated/α-hetero) is 1. The van der Waals surface area contributed by atoms with Crippen molar-refractivity contribution < 1.29 is 38.9 Å². The summed E-state index contributed by atoms with van der Waals surface area (Å²) < 4.78 is 10.4. The zero-order valence-electron chi connectivity index (χ0n) is 23.6. The van der Waals surface area contributed by atoms with Crippen LogP contribution in [0.2, 0.25) is 0 Å². The van der Waals surface area contributed by atoms with Crippen LogP contribution in [0.1, 0.15) is 70.0 Å². The summed E-state index contributed by atoms with van der Waals surface area (Å²) in [5.41, 5.74) is 1.43. The number of carbonyl (C=O) groups is 4. The number of ketones is 1. The number of carbonyl (C=O) groups excluding carboxylic acids is 4. The lowest BCUT2D eigenvalue weighted by molar-refractivity contribution is -0.136. The van der Waals surface area contributed by atoms with Gasteiger partial charge in [0.15, 0.2) is 5.78 Å². The summed E-state index contributed by atoms with van der Waals surface area (Å²) in [7, 11) is 1.51. The monoisotopic (exact) mass is 571 g/mol. The van der Waals surface area contributed by atoms with E-state index in [1.807, 2.05) is 0 Å². The highest BCUT2D eigenvalue weighted by molar-refractivity contribution is 5.97. The summed E-state index contributed by atoms with van der Waals surface area (Å²) in [5, 5.41) is 29.0. The Morgan fingerprint density at radius 2 is 1.71 bits per heavy atom. The minimum Gasteiger partial charge on any atom is -0.497 e. The van der Waals surface area contributed by atoms with Crippen LogP contribution in [0.4, 0.5) is 0 Å². The number of epoxide rings is 1. The second kappa shape index (κ2) is 14.1. The largest absolute Gasteiger partial charge is 0.497 e. The molecule has 0 aromatic heterocycles. The normalized spacial score (nSPS) is 24.7. The molecule has 5 N–H and O–H groups in total. The van der Waals surface area contributed by atoms with Gasteiger partial charge in [0.25, 0.3) is 0 Å². The molecule has 0 bridgehead atoms. The van der Waals surface area contributed by atoms with Crippen molar-refractivity contribution in [3.05, 3.63) is 41.5 Å². The van der Waals surface area contributed by atoms with Gasteiger partial charge in [-0.1, -0.05) is 23.8 Å². The Hall–Kier alpha value is -3.28. The number of hydrogen-bond donors (Lipinski definition) is 5. The first-order valence-corrected chi connectivity index (χ1v) is 14.4. The number of hydrogen-bond acceptors (Lipinski definition) is 8. The summed E-state index contributed by atoms with van der Waals surface area (Å²) in [6.45, 7) is 1.80. The van der Waals surface area contributed by atoms with Crippen molar-refractivity contribution in [2.75, 3.05) is 13.7 Å². The lowest BCUT2D eigenvalue weighted by Crippen LogP contribution is -2.57. The van der Waals surface area contributed by atoms with Gasteiger partial charge in [0.05, 0.1) is 25.9 Å². The van der Waals surface area contributed by atoms with E-state index in [1.54, 1.807) is 24.3 Å². The Kier molecular flexibility index (Phi) is 10.5. The van der Waals surface area contributed by atoms with Crippen molar-refractivity contribution in [1.82, 2.24) is 16.0 Å². The maximum Gasteiger partial charge on any atom is 0.246 e. The first kappa shape index (κ1) is 30.7. The van der Waals surface area contributed by atoms with Gasteiger partial charge in [-0.3, -0.25) is 19.2 Å². The predicted molar refractivity (Wildman–Crippen MR) is 149 cm³/mol. The van der Waals surface area contributed by atoms with Gasteiger partial charge < -0.3 is 35.6 Å². The van der Waals surface area contributed by atoms with E-state index >= 15 is 0 Å². The highest BCUT2D eigenvalue weighted by atomic mass is 16.6. The van der Waals surface area contributed by atoms with Crippen molar-refractivity contribution in [3.63, 3.8) is 0 Å². The topological polar surface area (TPSA) is 167 Å². The SMILES string of the molecule is COc1ccc([C@@H](O)[C@H](NC(=O)[C@@H](C)NC(=O)[C@H]2CC[C@H](O)CC2)C(=O)N[C@@H](CC2=CCCC2)C(=O)[C@H]2CO2)cc1. The predicted octanol–water partition coefficient (Wildman–Crippen LogP) is 1.22. The highest BCUT2D eigenvalue weighted by Crippen LogP contribution is 2.26. The molecular formula is C30H41N3O8. The molecule has 2 aliphatic carbocycles. The number of rotatable bonds is 13. The Bertz CT molecular complexity index is 1130. The molecule has 0 unspecified atom stereocenters. The van der Waals surface area contributed by atoms with Crippen LogP contribution in [-0.4, -0.2) is 77.8 Å². The minimum atomic E-state index is -1.45. The Morgan fingerprint density at radius 3 is 2.29 bits per heavy atom. The second-order valence-electron chi connectivity index (χ2n) is 11.2. The van der Waals surface area contributed by atoms with E-state index < -0.39 is 48.3 Å². The average Bonchev–Trinajstić information content (AvgIpc) is 3.70. The van der Waals surface area contributed by atoms with Crippen LogP contribution in [0.5, 0.6) is 5.75 Å². The van der Waals surface area contributed by atoms with Gasteiger partial charge in [-0.05, 0) is 76.0 Å². The zero-order valence-corrected chi connectivity index (χ0v) is 23.6. The molecule has 11 nitrogen and oxygen atoms in total. The molecule has 1 aliphatic heterocycles. The smallest absolute Gasteiger partial charge is 0.246 e. The molecule has 0 spiro atoms. The fourth-order valence-electron chi connectivity index (χ4n) is 5.40. The standard InChI is InChI=1S/C30H41N3O8/c1-17(31-29(38)20-7-11-21(34)12-8-20)28(37)33-25(26(35)19-9-13-22(40-2)14-10-19)30(39)32-23(27(36)24-16-41-24)15-18-5-3-4-6-18/h5,9-10,13-14,17,20-21,23-26,34-35H,3-4,6-8,11-12,15-16H2,1-2H3,(H,31,38)(H,32,39)(H,33,37)/t17-,20-,21-,23+,24-,25+,26-/m1/s1. The van der Waals surface area contributed by atoms with E-state index in [-0.39, 0.29) is 17.6 Å².